The van der Waals surface area contributed by atoms with E-state index in [4.69, 9.17) is 9.47 Å². The highest BCUT2D eigenvalue weighted by Gasteiger charge is 2.21. The van der Waals surface area contributed by atoms with E-state index >= 15 is 0 Å². The Morgan fingerprint density at radius 2 is 1.95 bits per heavy atom. The van der Waals surface area contributed by atoms with Gasteiger partial charge in [0.1, 0.15) is 17.3 Å². The van der Waals surface area contributed by atoms with Gasteiger partial charge in [0, 0.05) is 24.9 Å². The molecule has 2 rings (SSSR count). The predicted octanol–water partition coefficient (Wildman–Crippen LogP) is 2.32. The quantitative estimate of drug-likeness (QED) is 0.814. The summed E-state index contributed by atoms with van der Waals surface area (Å²) < 4.78 is 11.0. The summed E-state index contributed by atoms with van der Waals surface area (Å²) in [6.45, 7) is 2.93. The van der Waals surface area contributed by atoms with Crippen LogP contribution in [0.2, 0.25) is 0 Å². The van der Waals surface area contributed by atoms with Crippen LogP contribution in [0.5, 0.6) is 11.5 Å². The van der Waals surface area contributed by atoms with Crippen molar-refractivity contribution in [2.45, 2.75) is 19.4 Å². The Bertz CT molecular complexity index is 504. The maximum absolute atomic E-state index is 5.48. The molecule has 20 heavy (non-hydrogen) atoms. The lowest BCUT2D eigenvalue weighted by molar-refractivity contribution is 0.369. The molecule has 2 N–H and O–H groups in total. The van der Waals surface area contributed by atoms with Gasteiger partial charge in [-0.25, -0.2) is 4.98 Å². The number of nitrogens with one attached hydrogen (secondary N) is 2. The number of likely N-dealkylation sites (N-methyl/N-ethyl adjacent to an activating group) is 1. The highest BCUT2D eigenvalue weighted by molar-refractivity contribution is 5.47. The summed E-state index contributed by atoms with van der Waals surface area (Å²) in [5.74, 6) is 2.58. The third-order valence-electron chi connectivity index (χ3n) is 3.22. The van der Waals surface area contributed by atoms with Crippen molar-refractivity contribution in [2.24, 2.45) is 0 Å². The molecule has 0 bridgehead atoms. The average Bonchev–Trinajstić information content (AvgIpc) is 2.99. The Kier molecular flexibility index (Phi) is 5.01. The predicted molar refractivity (Wildman–Crippen MR) is 78.3 cm³/mol. The number of methoxy groups -OCH3 is 2. The molecule has 0 spiro atoms. The molecule has 108 valence electrons. The van der Waals surface area contributed by atoms with E-state index in [0.717, 1.165) is 35.9 Å². The van der Waals surface area contributed by atoms with E-state index in [1.165, 1.54) is 0 Å². The second-order valence-electron chi connectivity index (χ2n) is 4.43. The molecule has 0 amide bonds. The van der Waals surface area contributed by atoms with Crippen molar-refractivity contribution >= 4 is 0 Å². The standard InChI is InChI=1S/C15H21N3O2/c1-4-16-11(10-14-17-8-9-18-14)15-12(19-2)6-5-7-13(15)20-3/h5-9,11,16H,4,10H2,1-3H3,(H,17,18). The number of hydrogen-bond donors (Lipinski definition) is 2. The van der Waals surface area contributed by atoms with Crippen LogP contribution < -0.4 is 14.8 Å². The lowest BCUT2D eigenvalue weighted by atomic mass is 10.0. The van der Waals surface area contributed by atoms with Gasteiger partial charge in [0.25, 0.3) is 0 Å². The number of rotatable bonds is 7. The Morgan fingerprint density at radius 1 is 1.25 bits per heavy atom. The third kappa shape index (κ3) is 3.11. The van der Waals surface area contributed by atoms with E-state index in [1.807, 2.05) is 24.4 Å². The summed E-state index contributed by atoms with van der Waals surface area (Å²) in [5, 5.41) is 3.47. The SMILES string of the molecule is CCNC(Cc1ncc[nH]1)c1c(OC)cccc1OC. The number of imidazole rings is 1. The Balaban J connectivity index is 2.37. The van der Waals surface area contributed by atoms with E-state index in [1.54, 1.807) is 20.4 Å². The largest absolute Gasteiger partial charge is 0.496 e. The fourth-order valence-electron chi connectivity index (χ4n) is 2.35. The van der Waals surface area contributed by atoms with Gasteiger partial charge in [0.2, 0.25) is 0 Å². The van der Waals surface area contributed by atoms with E-state index in [2.05, 4.69) is 22.2 Å². The second-order valence-corrected chi connectivity index (χ2v) is 4.43. The van der Waals surface area contributed by atoms with Crippen molar-refractivity contribution in [1.29, 1.82) is 0 Å². The molecule has 0 aliphatic rings. The molecule has 1 unspecified atom stereocenters. The summed E-state index contributed by atoms with van der Waals surface area (Å²) >= 11 is 0. The maximum Gasteiger partial charge on any atom is 0.127 e. The Hall–Kier alpha value is -2.01. The number of ether oxygens (including phenoxy) is 2. The molecule has 1 heterocycles. The van der Waals surface area contributed by atoms with Gasteiger partial charge in [-0.15, -0.1) is 0 Å². The Labute approximate surface area is 119 Å². The third-order valence-corrected chi connectivity index (χ3v) is 3.22. The minimum Gasteiger partial charge on any atom is -0.496 e. The molecule has 0 radical (unpaired) electrons. The summed E-state index contributed by atoms with van der Waals surface area (Å²) in [5.41, 5.74) is 1.02. The number of aromatic nitrogens is 2. The van der Waals surface area contributed by atoms with Crippen molar-refractivity contribution in [1.82, 2.24) is 15.3 Å². The van der Waals surface area contributed by atoms with Gasteiger partial charge >= 0.3 is 0 Å². The average molecular weight is 275 g/mol. The lowest BCUT2D eigenvalue weighted by Gasteiger charge is -2.22. The van der Waals surface area contributed by atoms with Crippen LogP contribution in [0, 0.1) is 0 Å². The summed E-state index contributed by atoms with van der Waals surface area (Å²) in [4.78, 5) is 7.44. The summed E-state index contributed by atoms with van der Waals surface area (Å²) in [7, 11) is 3.35. The van der Waals surface area contributed by atoms with Crippen LogP contribution >= 0.6 is 0 Å². The van der Waals surface area contributed by atoms with Gasteiger partial charge in [0.15, 0.2) is 0 Å². The first-order valence-corrected chi connectivity index (χ1v) is 6.72. The molecule has 0 aliphatic carbocycles. The molecular formula is C15H21N3O2. The van der Waals surface area contributed by atoms with E-state index in [0.29, 0.717) is 0 Å². The van der Waals surface area contributed by atoms with Crippen molar-refractivity contribution in [3.63, 3.8) is 0 Å². The van der Waals surface area contributed by atoms with Gasteiger partial charge in [-0.05, 0) is 18.7 Å². The first-order chi connectivity index (χ1) is 9.80. The van der Waals surface area contributed by atoms with Crippen LogP contribution in [-0.4, -0.2) is 30.7 Å². The number of benzene rings is 1. The zero-order valence-corrected chi connectivity index (χ0v) is 12.1. The van der Waals surface area contributed by atoms with Gasteiger partial charge in [-0.2, -0.15) is 0 Å². The number of nitrogens with zero attached hydrogens (tertiary/aromatic N) is 1. The van der Waals surface area contributed by atoms with Crippen LogP contribution in [0.4, 0.5) is 0 Å². The van der Waals surface area contributed by atoms with E-state index in [9.17, 15) is 0 Å². The van der Waals surface area contributed by atoms with Gasteiger partial charge in [0.05, 0.1) is 19.8 Å². The van der Waals surface area contributed by atoms with Crippen LogP contribution in [0.25, 0.3) is 0 Å². The van der Waals surface area contributed by atoms with Gasteiger partial charge in [-0.3, -0.25) is 0 Å². The number of aromatic amines is 1. The maximum atomic E-state index is 5.48. The van der Waals surface area contributed by atoms with E-state index < -0.39 is 0 Å². The highest BCUT2D eigenvalue weighted by Crippen LogP contribution is 2.35. The molecule has 2 aromatic rings. The molecule has 5 nitrogen and oxygen atoms in total. The minimum atomic E-state index is 0.0808. The van der Waals surface area contributed by atoms with Crippen LogP contribution in [0.15, 0.2) is 30.6 Å². The van der Waals surface area contributed by atoms with Crippen LogP contribution in [0.3, 0.4) is 0 Å². The number of H-pyrrole nitrogens is 1. The molecule has 0 aliphatic heterocycles. The Morgan fingerprint density at radius 3 is 2.45 bits per heavy atom. The molecule has 1 aromatic carbocycles. The minimum absolute atomic E-state index is 0.0808. The molecule has 1 aromatic heterocycles. The molecule has 0 fully saturated rings. The molecule has 0 saturated heterocycles. The molecular weight excluding hydrogens is 254 g/mol. The first kappa shape index (κ1) is 14.4. The van der Waals surface area contributed by atoms with Gasteiger partial charge < -0.3 is 19.8 Å². The monoisotopic (exact) mass is 275 g/mol. The molecule has 0 saturated carbocycles. The van der Waals surface area contributed by atoms with Crippen molar-refractivity contribution in [3.05, 3.63) is 42.0 Å². The zero-order chi connectivity index (χ0) is 14.4. The topological polar surface area (TPSA) is 59.2 Å². The summed E-state index contributed by atoms with van der Waals surface area (Å²) in [6, 6.07) is 5.91. The molecule has 5 heteroatoms. The van der Waals surface area contributed by atoms with Gasteiger partial charge in [-0.1, -0.05) is 13.0 Å². The van der Waals surface area contributed by atoms with Crippen molar-refractivity contribution in [3.8, 4) is 11.5 Å². The number of hydrogen-bond acceptors (Lipinski definition) is 4. The van der Waals surface area contributed by atoms with Crippen molar-refractivity contribution < 1.29 is 9.47 Å². The van der Waals surface area contributed by atoms with E-state index in [-0.39, 0.29) is 6.04 Å². The zero-order valence-electron chi connectivity index (χ0n) is 12.1. The fourth-order valence-corrected chi connectivity index (χ4v) is 2.35. The first-order valence-electron chi connectivity index (χ1n) is 6.72. The molecule has 1 atom stereocenters. The smallest absolute Gasteiger partial charge is 0.127 e. The van der Waals surface area contributed by atoms with Crippen LogP contribution in [0.1, 0.15) is 24.4 Å². The lowest BCUT2D eigenvalue weighted by Crippen LogP contribution is -2.24. The van der Waals surface area contributed by atoms with Crippen molar-refractivity contribution in [2.75, 3.05) is 20.8 Å². The fraction of sp³-hybridized carbons (Fsp3) is 0.400. The summed E-state index contributed by atoms with van der Waals surface area (Å²) in [6.07, 6.45) is 4.34. The highest BCUT2D eigenvalue weighted by atomic mass is 16.5. The van der Waals surface area contributed by atoms with Crippen LogP contribution in [-0.2, 0) is 6.42 Å². The second kappa shape index (κ2) is 6.96. The normalized spacial score (nSPS) is 12.2.